The van der Waals surface area contributed by atoms with Gasteiger partial charge in [-0.15, -0.1) is 0 Å². The Morgan fingerprint density at radius 2 is 2.14 bits per heavy atom. The van der Waals surface area contributed by atoms with Crippen molar-refractivity contribution in [3.8, 4) is 5.75 Å². The fourth-order valence-corrected chi connectivity index (χ4v) is 2.50. The maximum atomic E-state index is 12.3. The molecule has 0 N–H and O–H groups in total. The molecule has 2 amide bonds. The molecule has 2 rings (SSSR count). The first-order valence-electron chi connectivity index (χ1n) is 7.18. The van der Waals surface area contributed by atoms with E-state index in [1.54, 1.807) is 14.0 Å². The van der Waals surface area contributed by atoms with Gasteiger partial charge >= 0.3 is 5.97 Å². The molecule has 22 heavy (non-hydrogen) atoms. The molecule has 0 radical (unpaired) electrons. The van der Waals surface area contributed by atoms with E-state index in [0.717, 1.165) is 10.5 Å². The van der Waals surface area contributed by atoms with Crippen LogP contribution in [0.5, 0.6) is 5.75 Å². The third-order valence-corrected chi connectivity index (χ3v) is 3.55. The Morgan fingerprint density at radius 3 is 2.82 bits per heavy atom. The minimum atomic E-state index is -0.564. The highest BCUT2D eigenvalue weighted by molar-refractivity contribution is 6.05. The van der Waals surface area contributed by atoms with Gasteiger partial charge in [0.15, 0.2) is 0 Å². The number of nitrogens with zero attached hydrogens (tertiary/aromatic N) is 1. The van der Waals surface area contributed by atoms with E-state index >= 15 is 0 Å². The van der Waals surface area contributed by atoms with Crippen molar-refractivity contribution in [3.63, 3.8) is 0 Å². The van der Waals surface area contributed by atoms with Crippen LogP contribution in [0.25, 0.3) is 0 Å². The Hall–Kier alpha value is -2.37. The maximum absolute atomic E-state index is 12.3. The molecule has 0 spiro atoms. The summed E-state index contributed by atoms with van der Waals surface area (Å²) in [5, 5.41) is 0. The molecule has 1 unspecified atom stereocenters. The standard InChI is InChI=1S/C16H19NO5/c1-3-22-15(19)10-17-14(18)9-12(16(17)20)7-11-5-4-6-13(8-11)21-2/h4-6,8,12H,3,7,9-10H2,1-2H3. The maximum Gasteiger partial charge on any atom is 0.326 e. The average Bonchev–Trinajstić information content (AvgIpc) is 2.75. The lowest BCUT2D eigenvalue weighted by molar-refractivity contribution is -0.152. The third-order valence-electron chi connectivity index (χ3n) is 3.55. The van der Waals surface area contributed by atoms with Crippen molar-refractivity contribution >= 4 is 17.8 Å². The highest BCUT2D eigenvalue weighted by Gasteiger charge is 2.39. The number of esters is 1. The number of ether oxygens (including phenoxy) is 2. The summed E-state index contributed by atoms with van der Waals surface area (Å²) in [6.07, 6.45) is 0.566. The second kappa shape index (κ2) is 7.06. The second-order valence-electron chi connectivity index (χ2n) is 5.08. The summed E-state index contributed by atoms with van der Waals surface area (Å²) in [6, 6.07) is 7.38. The van der Waals surface area contributed by atoms with Crippen LogP contribution in [0.4, 0.5) is 0 Å². The number of benzene rings is 1. The Kier molecular flexibility index (Phi) is 5.14. The second-order valence-corrected chi connectivity index (χ2v) is 5.08. The summed E-state index contributed by atoms with van der Waals surface area (Å²) in [5.41, 5.74) is 0.920. The molecule has 6 heteroatoms. The molecule has 0 bridgehead atoms. The molecular formula is C16H19NO5. The first kappa shape index (κ1) is 16.0. The van der Waals surface area contributed by atoms with Gasteiger partial charge in [0.25, 0.3) is 0 Å². The molecule has 1 aromatic carbocycles. The van der Waals surface area contributed by atoms with Gasteiger partial charge in [0.2, 0.25) is 11.8 Å². The summed E-state index contributed by atoms with van der Waals surface area (Å²) in [5.74, 6) is -0.940. The highest BCUT2D eigenvalue weighted by atomic mass is 16.5. The van der Waals surface area contributed by atoms with Crippen LogP contribution in [0.15, 0.2) is 24.3 Å². The number of carbonyl (C=O) groups is 3. The molecule has 1 aliphatic rings. The molecule has 0 aliphatic carbocycles. The molecule has 0 aromatic heterocycles. The normalized spacial score (nSPS) is 17.7. The van der Waals surface area contributed by atoms with Crippen LogP contribution in [0, 0.1) is 5.92 Å². The summed E-state index contributed by atoms with van der Waals surface area (Å²) < 4.78 is 9.93. The molecular weight excluding hydrogens is 286 g/mol. The lowest BCUT2D eigenvalue weighted by atomic mass is 9.98. The predicted octanol–water partition coefficient (Wildman–Crippen LogP) is 1.18. The zero-order chi connectivity index (χ0) is 16.1. The van der Waals surface area contributed by atoms with E-state index < -0.39 is 11.9 Å². The van der Waals surface area contributed by atoms with E-state index in [1.807, 2.05) is 24.3 Å². The topological polar surface area (TPSA) is 72.9 Å². The third kappa shape index (κ3) is 3.63. The van der Waals surface area contributed by atoms with Gasteiger partial charge in [0.1, 0.15) is 12.3 Å². The van der Waals surface area contributed by atoms with Gasteiger partial charge in [-0.25, -0.2) is 0 Å². The number of hydrogen-bond donors (Lipinski definition) is 0. The molecule has 118 valence electrons. The first-order valence-corrected chi connectivity index (χ1v) is 7.18. The summed E-state index contributed by atoms with van der Waals surface area (Å²) >= 11 is 0. The molecule has 6 nitrogen and oxygen atoms in total. The Bertz CT molecular complexity index is 584. The molecule has 1 atom stereocenters. The average molecular weight is 305 g/mol. The summed E-state index contributed by atoms with van der Waals surface area (Å²) in [6.45, 7) is 1.60. The monoisotopic (exact) mass is 305 g/mol. The van der Waals surface area contributed by atoms with Gasteiger partial charge in [-0.2, -0.15) is 0 Å². The fourth-order valence-electron chi connectivity index (χ4n) is 2.50. The first-order chi connectivity index (χ1) is 10.5. The van der Waals surface area contributed by atoms with E-state index in [1.165, 1.54) is 0 Å². The highest BCUT2D eigenvalue weighted by Crippen LogP contribution is 2.25. The van der Waals surface area contributed by atoms with Gasteiger partial charge in [-0.3, -0.25) is 19.3 Å². The van der Waals surface area contributed by atoms with Crippen molar-refractivity contribution in [1.29, 1.82) is 0 Å². The van der Waals surface area contributed by atoms with Gasteiger partial charge in [-0.05, 0) is 31.0 Å². The largest absolute Gasteiger partial charge is 0.497 e. The van der Waals surface area contributed by atoms with Crippen LogP contribution in [0.3, 0.4) is 0 Å². The number of likely N-dealkylation sites (tertiary alicyclic amines) is 1. The van der Waals surface area contributed by atoms with Crippen LogP contribution in [0.1, 0.15) is 18.9 Å². The molecule has 1 aromatic rings. The van der Waals surface area contributed by atoms with Crippen molar-refractivity contribution in [2.75, 3.05) is 20.3 Å². The van der Waals surface area contributed by atoms with Crippen LogP contribution in [-0.4, -0.2) is 42.9 Å². The molecule has 1 aliphatic heterocycles. The number of methoxy groups -OCH3 is 1. The summed E-state index contributed by atoms with van der Waals surface area (Å²) in [7, 11) is 1.57. The lowest BCUT2D eigenvalue weighted by Gasteiger charge is -2.14. The predicted molar refractivity (Wildman–Crippen MR) is 78.2 cm³/mol. The van der Waals surface area contributed by atoms with Crippen molar-refractivity contribution in [2.45, 2.75) is 19.8 Å². The van der Waals surface area contributed by atoms with Gasteiger partial charge in [0.05, 0.1) is 19.6 Å². The van der Waals surface area contributed by atoms with E-state index in [4.69, 9.17) is 9.47 Å². The fraction of sp³-hybridized carbons (Fsp3) is 0.438. The zero-order valence-corrected chi connectivity index (χ0v) is 12.7. The lowest BCUT2D eigenvalue weighted by Crippen LogP contribution is -2.36. The van der Waals surface area contributed by atoms with Gasteiger partial charge < -0.3 is 9.47 Å². The SMILES string of the molecule is CCOC(=O)CN1C(=O)CC(Cc2cccc(OC)c2)C1=O. The van der Waals surface area contributed by atoms with Crippen LogP contribution < -0.4 is 4.74 Å². The number of rotatable bonds is 6. The number of imide groups is 1. The van der Waals surface area contributed by atoms with Crippen LogP contribution in [-0.2, 0) is 25.5 Å². The van der Waals surface area contributed by atoms with Crippen molar-refractivity contribution in [1.82, 2.24) is 4.90 Å². The molecule has 1 fully saturated rings. The van der Waals surface area contributed by atoms with E-state index in [2.05, 4.69) is 0 Å². The molecule has 1 saturated heterocycles. The smallest absolute Gasteiger partial charge is 0.326 e. The van der Waals surface area contributed by atoms with Gasteiger partial charge in [0, 0.05) is 6.42 Å². The quantitative estimate of drug-likeness (QED) is 0.583. The van der Waals surface area contributed by atoms with Crippen molar-refractivity contribution < 1.29 is 23.9 Å². The number of hydrogen-bond acceptors (Lipinski definition) is 5. The van der Waals surface area contributed by atoms with Crippen molar-refractivity contribution in [2.24, 2.45) is 5.92 Å². The Balaban J connectivity index is 2.03. The number of amides is 2. The Labute approximate surface area is 129 Å². The Morgan fingerprint density at radius 1 is 1.36 bits per heavy atom. The minimum absolute atomic E-state index is 0.120. The molecule has 0 saturated carbocycles. The zero-order valence-electron chi connectivity index (χ0n) is 12.7. The van der Waals surface area contributed by atoms with E-state index in [-0.39, 0.29) is 31.4 Å². The number of carbonyl (C=O) groups excluding carboxylic acids is 3. The van der Waals surface area contributed by atoms with E-state index in [9.17, 15) is 14.4 Å². The van der Waals surface area contributed by atoms with Crippen LogP contribution in [0.2, 0.25) is 0 Å². The van der Waals surface area contributed by atoms with E-state index in [0.29, 0.717) is 12.2 Å². The minimum Gasteiger partial charge on any atom is -0.497 e. The van der Waals surface area contributed by atoms with Crippen molar-refractivity contribution in [3.05, 3.63) is 29.8 Å². The van der Waals surface area contributed by atoms with Gasteiger partial charge in [-0.1, -0.05) is 12.1 Å². The molecule has 1 heterocycles. The summed E-state index contributed by atoms with van der Waals surface area (Å²) in [4.78, 5) is 36.6. The van der Waals surface area contributed by atoms with Crippen LogP contribution >= 0.6 is 0 Å².